The smallest absolute Gasteiger partial charge is 0.0184 e. The topological polar surface area (TPSA) is 15.3 Å². The third-order valence-electron chi connectivity index (χ3n) is 2.57. The van der Waals surface area contributed by atoms with Crippen LogP contribution in [-0.4, -0.2) is 38.1 Å². The van der Waals surface area contributed by atoms with Gasteiger partial charge in [-0.3, -0.25) is 0 Å². The standard InChI is InChI=1S/C11H22N2/c1-10(2)8-13(3)9-11-4-6-12-7-5-11/h11-12H,1,4-9H2,2-3H3. The second-order valence-corrected chi connectivity index (χ2v) is 4.35. The molecule has 0 aromatic carbocycles. The predicted molar refractivity (Wildman–Crippen MR) is 57.9 cm³/mol. The molecule has 13 heavy (non-hydrogen) atoms. The fraction of sp³-hybridized carbons (Fsp3) is 0.818. The minimum Gasteiger partial charge on any atom is -0.317 e. The molecule has 0 aliphatic carbocycles. The Bertz CT molecular complexity index is 159. The minimum atomic E-state index is 0.894. The zero-order chi connectivity index (χ0) is 9.68. The highest BCUT2D eigenvalue weighted by atomic mass is 15.1. The van der Waals surface area contributed by atoms with Gasteiger partial charge in [-0.2, -0.15) is 0 Å². The molecule has 1 heterocycles. The summed E-state index contributed by atoms with van der Waals surface area (Å²) < 4.78 is 0. The number of nitrogens with zero attached hydrogens (tertiary/aromatic N) is 1. The molecule has 1 aliphatic heterocycles. The summed E-state index contributed by atoms with van der Waals surface area (Å²) in [5.41, 5.74) is 1.26. The van der Waals surface area contributed by atoms with Gasteiger partial charge in [0.2, 0.25) is 0 Å². The average Bonchev–Trinajstić information content (AvgIpc) is 2.04. The fourth-order valence-corrected chi connectivity index (χ4v) is 2.03. The normalized spacial score (nSPS) is 19.3. The quantitative estimate of drug-likeness (QED) is 0.663. The van der Waals surface area contributed by atoms with E-state index in [1.807, 2.05) is 0 Å². The third-order valence-corrected chi connectivity index (χ3v) is 2.57. The van der Waals surface area contributed by atoms with E-state index in [0.717, 1.165) is 12.5 Å². The molecule has 0 aromatic heterocycles. The summed E-state index contributed by atoms with van der Waals surface area (Å²) in [6.45, 7) is 10.7. The van der Waals surface area contributed by atoms with E-state index in [1.54, 1.807) is 0 Å². The number of nitrogens with one attached hydrogen (secondary N) is 1. The van der Waals surface area contributed by atoms with Gasteiger partial charge in [0.05, 0.1) is 0 Å². The summed E-state index contributed by atoms with van der Waals surface area (Å²) in [7, 11) is 2.19. The van der Waals surface area contributed by atoms with Gasteiger partial charge in [0.25, 0.3) is 0 Å². The molecule has 0 bridgehead atoms. The Kier molecular flexibility index (Phi) is 4.46. The Morgan fingerprint density at radius 3 is 2.62 bits per heavy atom. The number of likely N-dealkylation sites (N-methyl/N-ethyl adjacent to an activating group) is 1. The Balaban J connectivity index is 2.18. The van der Waals surface area contributed by atoms with Crippen molar-refractivity contribution >= 4 is 0 Å². The van der Waals surface area contributed by atoms with Gasteiger partial charge in [0.15, 0.2) is 0 Å². The predicted octanol–water partition coefficient (Wildman–Crippen LogP) is 1.49. The maximum absolute atomic E-state index is 3.93. The number of piperidine rings is 1. The molecule has 0 unspecified atom stereocenters. The van der Waals surface area contributed by atoms with E-state index in [2.05, 4.69) is 30.8 Å². The average molecular weight is 182 g/mol. The van der Waals surface area contributed by atoms with Crippen molar-refractivity contribution in [1.29, 1.82) is 0 Å². The van der Waals surface area contributed by atoms with Gasteiger partial charge in [0, 0.05) is 13.1 Å². The van der Waals surface area contributed by atoms with Gasteiger partial charge in [-0.1, -0.05) is 12.2 Å². The second-order valence-electron chi connectivity index (χ2n) is 4.35. The van der Waals surface area contributed by atoms with E-state index in [4.69, 9.17) is 0 Å². The highest BCUT2D eigenvalue weighted by Crippen LogP contribution is 2.12. The van der Waals surface area contributed by atoms with Crippen molar-refractivity contribution in [3.63, 3.8) is 0 Å². The van der Waals surface area contributed by atoms with Gasteiger partial charge >= 0.3 is 0 Å². The Hall–Kier alpha value is -0.340. The fourth-order valence-electron chi connectivity index (χ4n) is 2.03. The maximum Gasteiger partial charge on any atom is 0.0184 e. The summed E-state index contributed by atoms with van der Waals surface area (Å²) in [5.74, 6) is 0.894. The molecule has 0 spiro atoms. The van der Waals surface area contributed by atoms with Gasteiger partial charge in [-0.05, 0) is 45.8 Å². The molecular weight excluding hydrogens is 160 g/mol. The van der Waals surface area contributed by atoms with Crippen LogP contribution < -0.4 is 5.32 Å². The molecule has 0 amide bonds. The van der Waals surface area contributed by atoms with Crippen LogP contribution in [0.4, 0.5) is 0 Å². The number of hydrogen-bond acceptors (Lipinski definition) is 2. The highest BCUT2D eigenvalue weighted by molar-refractivity contribution is 4.91. The van der Waals surface area contributed by atoms with Crippen molar-refractivity contribution in [2.24, 2.45) is 5.92 Å². The van der Waals surface area contributed by atoms with Crippen LogP contribution in [0.25, 0.3) is 0 Å². The van der Waals surface area contributed by atoms with Crippen molar-refractivity contribution in [3.8, 4) is 0 Å². The molecule has 2 heteroatoms. The molecule has 2 nitrogen and oxygen atoms in total. The minimum absolute atomic E-state index is 0.894. The van der Waals surface area contributed by atoms with Gasteiger partial charge in [0.1, 0.15) is 0 Å². The van der Waals surface area contributed by atoms with Crippen LogP contribution >= 0.6 is 0 Å². The van der Waals surface area contributed by atoms with Crippen LogP contribution in [-0.2, 0) is 0 Å². The van der Waals surface area contributed by atoms with Crippen molar-refractivity contribution < 1.29 is 0 Å². The molecule has 76 valence electrons. The van der Waals surface area contributed by atoms with E-state index in [-0.39, 0.29) is 0 Å². The van der Waals surface area contributed by atoms with Crippen LogP contribution in [0.3, 0.4) is 0 Å². The first kappa shape index (κ1) is 10.7. The SMILES string of the molecule is C=C(C)CN(C)CC1CCNCC1. The summed E-state index contributed by atoms with van der Waals surface area (Å²) in [4.78, 5) is 2.39. The Labute approximate surface area is 82.0 Å². The summed E-state index contributed by atoms with van der Waals surface area (Å²) in [6.07, 6.45) is 2.67. The lowest BCUT2D eigenvalue weighted by Gasteiger charge is -2.27. The molecule has 1 saturated heterocycles. The Morgan fingerprint density at radius 1 is 1.46 bits per heavy atom. The van der Waals surface area contributed by atoms with Crippen molar-refractivity contribution in [2.75, 3.05) is 33.2 Å². The van der Waals surface area contributed by atoms with E-state index in [1.165, 1.54) is 38.0 Å². The molecule has 0 saturated carbocycles. The highest BCUT2D eigenvalue weighted by Gasteiger charge is 2.14. The number of rotatable bonds is 4. The summed E-state index contributed by atoms with van der Waals surface area (Å²) in [6, 6.07) is 0. The lowest BCUT2D eigenvalue weighted by atomic mass is 9.97. The second kappa shape index (κ2) is 5.40. The van der Waals surface area contributed by atoms with Gasteiger partial charge in [-0.25, -0.2) is 0 Å². The zero-order valence-corrected chi connectivity index (χ0v) is 8.97. The van der Waals surface area contributed by atoms with E-state index in [0.29, 0.717) is 0 Å². The molecule has 1 aliphatic rings. The molecule has 1 N–H and O–H groups in total. The molecule has 0 aromatic rings. The van der Waals surface area contributed by atoms with Crippen molar-refractivity contribution in [2.45, 2.75) is 19.8 Å². The third kappa shape index (κ3) is 4.44. The maximum atomic E-state index is 3.93. The van der Waals surface area contributed by atoms with Crippen LogP contribution in [0.5, 0.6) is 0 Å². The van der Waals surface area contributed by atoms with Gasteiger partial charge < -0.3 is 10.2 Å². The van der Waals surface area contributed by atoms with Crippen LogP contribution in [0.2, 0.25) is 0 Å². The Morgan fingerprint density at radius 2 is 2.08 bits per heavy atom. The largest absolute Gasteiger partial charge is 0.317 e. The van der Waals surface area contributed by atoms with Crippen LogP contribution in [0.15, 0.2) is 12.2 Å². The molecule has 0 atom stereocenters. The molecular formula is C11H22N2. The van der Waals surface area contributed by atoms with E-state index >= 15 is 0 Å². The van der Waals surface area contributed by atoms with Gasteiger partial charge in [-0.15, -0.1) is 0 Å². The molecule has 1 rings (SSSR count). The molecule has 1 fully saturated rings. The lowest BCUT2D eigenvalue weighted by molar-refractivity contribution is 0.253. The molecule has 0 radical (unpaired) electrons. The first-order chi connectivity index (χ1) is 6.18. The lowest BCUT2D eigenvalue weighted by Crippen LogP contribution is -2.35. The van der Waals surface area contributed by atoms with Crippen molar-refractivity contribution in [1.82, 2.24) is 10.2 Å². The summed E-state index contributed by atoms with van der Waals surface area (Å²) >= 11 is 0. The van der Waals surface area contributed by atoms with E-state index < -0.39 is 0 Å². The first-order valence-corrected chi connectivity index (χ1v) is 5.22. The van der Waals surface area contributed by atoms with E-state index in [9.17, 15) is 0 Å². The van der Waals surface area contributed by atoms with Crippen LogP contribution in [0, 0.1) is 5.92 Å². The first-order valence-electron chi connectivity index (χ1n) is 5.22. The van der Waals surface area contributed by atoms with Crippen LogP contribution in [0.1, 0.15) is 19.8 Å². The van der Waals surface area contributed by atoms with Crippen molar-refractivity contribution in [3.05, 3.63) is 12.2 Å². The number of hydrogen-bond donors (Lipinski definition) is 1. The summed E-state index contributed by atoms with van der Waals surface area (Å²) in [5, 5.41) is 3.39. The zero-order valence-electron chi connectivity index (χ0n) is 8.97. The monoisotopic (exact) mass is 182 g/mol.